The van der Waals surface area contributed by atoms with Gasteiger partial charge in [0.2, 0.25) is 0 Å². The van der Waals surface area contributed by atoms with Gasteiger partial charge in [-0.3, -0.25) is 9.89 Å². The quantitative estimate of drug-likeness (QED) is 0.313. The van der Waals surface area contributed by atoms with E-state index in [1.165, 1.54) is 0 Å². The second kappa shape index (κ2) is 14.1. The van der Waals surface area contributed by atoms with Gasteiger partial charge in [-0.15, -0.1) is 24.0 Å². The van der Waals surface area contributed by atoms with Gasteiger partial charge >= 0.3 is 0 Å². The van der Waals surface area contributed by atoms with Crippen LogP contribution >= 0.6 is 24.0 Å². The topological polar surface area (TPSA) is 52.1 Å². The van der Waals surface area contributed by atoms with Crippen molar-refractivity contribution in [3.8, 4) is 0 Å². The van der Waals surface area contributed by atoms with Crippen molar-refractivity contribution in [2.75, 3.05) is 66.0 Å². The average Bonchev–Trinajstić information content (AvgIpc) is 2.54. The first-order valence-electron chi connectivity index (χ1n) is 9.09. The summed E-state index contributed by atoms with van der Waals surface area (Å²) in [6, 6.07) is 0. The largest absolute Gasteiger partial charge is 0.374 e. The molecule has 0 aromatic rings. The zero-order valence-corrected chi connectivity index (χ0v) is 18.5. The summed E-state index contributed by atoms with van der Waals surface area (Å²) in [6.07, 6.45) is 0.240. The van der Waals surface area contributed by atoms with Crippen LogP contribution in [0.4, 0.5) is 0 Å². The molecule has 0 amide bonds. The Morgan fingerprint density at radius 1 is 1.29 bits per heavy atom. The Bertz CT molecular complexity index is 337. The highest BCUT2D eigenvalue weighted by molar-refractivity contribution is 14.0. The molecule has 1 rings (SSSR count). The summed E-state index contributed by atoms with van der Waals surface area (Å²) in [6.45, 7) is 17.9. The molecule has 1 aliphatic rings. The molecule has 1 fully saturated rings. The monoisotopic (exact) mass is 455 g/mol. The van der Waals surface area contributed by atoms with Crippen molar-refractivity contribution in [3.63, 3.8) is 0 Å². The van der Waals surface area contributed by atoms with E-state index in [-0.39, 0.29) is 30.1 Å². The third kappa shape index (κ3) is 10.0. The Hall–Kier alpha value is -0.120. The lowest BCUT2D eigenvalue weighted by atomic mass is 10.2. The van der Waals surface area contributed by atoms with Crippen LogP contribution in [0.2, 0.25) is 0 Å². The summed E-state index contributed by atoms with van der Waals surface area (Å²) in [5, 5.41) is 6.77. The number of likely N-dealkylation sites (N-methyl/N-ethyl adjacent to an activating group) is 1. The van der Waals surface area contributed by atoms with E-state index in [0.717, 1.165) is 64.9 Å². The Morgan fingerprint density at radius 2 is 2.00 bits per heavy atom. The van der Waals surface area contributed by atoms with Crippen LogP contribution in [0.15, 0.2) is 4.99 Å². The summed E-state index contributed by atoms with van der Waals surface area (Å²) in [4.78, 5) is 9.19. The minimum atomic E-state index is 0. The molecule has 6 nitrogen and oxygen atoms in total. The molecule has 0 radical (unpaired) electrons. The molecule has 1 saturated heterocycles. The fraction of sp³-hybridized carbons (Fsp3) is 0.941. The SMILES string of the molecule is CCN(CC)CCNC(=NC)NCC1CN(CC(C)C)CCO1.I. The van der Waals surface area contributed by atoms with Crippen LogP contribution in [0.1, 0.15) is 27.7 Å². The predicted octanol–water partition coefficient (Wildman–Crippen LogP) is 1.47. The first-order valence-corrected chi connectivity index (χ1v) is 9.09. The molecule has 7 heteroatoms. The van der Waals surface area contributed by atoms with E-state index in [1.54, 1.807) is 0 Å². The van der Waals surface area contributed by atoms with Crippen LogP contribution in [-0.4, -0.2) is 87.9 Å². The number of halogens is 1. The van der Waals surface area contributed by atoms with E-state index in [0.29, 0.717) is 5.92 Å². The van der Waals surface area contributed by atoms with Crippen LogP contribution in [0.3, 0.4) is 0 Å². The van der Waals surface area contributed by atoms with Crippen molar-refractivity contribution in [2.24, 2.45) is 10.9 Å². The van der Waals surface area contributed by atoms with Crippen molar-refractivity contribution in [2.45, 2.75) is 33.8 Å². The highest BCUT2D eigenvalue weighted by atomic mass is 127. The van der Waals surface area contributed by atoms with Gasteiger partial charge in [-0.1, -0.05) is 27.7 Å². The normalized spacial score (nSPS) is 19.5. The van der Waals surface area contributed by atoms with Gasteiger partial charge in [0.1, 0.15) is 0 Å². The number of hydrogen-bond donors (Lipinski definition) is 2. The zero-order valence-electron chi connectivity index (χ0n) is 16.2. The molecular weight excluding hydrogens is 417 g/mol. The number of nitrogens with one attached hydrogen (secondary N) is 2. The molecule has 0 aromatic carbocycles. The standard InChI is InChI=1S/C17H37N5O.HI/c1-6-21(7-2)9-8-19-17(18-5)20-12-16-14-22(10-11-23-16)13-15(3)4;/h15-16H,6-14H2,1-5H3,(H2,18,19,20);1H. The number of rotatable bonds is 9. The number of nitrogens with zero attached hydrogens (tertiary/aromatic N) is 3. The number of ether oxygens (including phenoxy) is 1. The highest BCUT2D eigenvalue weighted by Crippen LogP contribution is 2.07. The summed E-state index contributed by atoms with van der Waals surface area (Å²) in [5.74, 6) is 1.57. The van der Waals surface area contributed by atoms with Gasteiger partial charge in [0, 0.05) is 46.3 Å². The van der Waals surface area contributed by atoms with Crippen LogP contribution in [0.25, 0.3) is 0 Å². The molecule has 1 unspecified atom stereocenters. The first-order chi connectivity index (χ1) is 11.1. The number of hydrogen-bond acceptors (Lipinski definition) is 4. The van der Waals surface area contributed by atoms with Gasteiger partial charge in [0.15, 0.2) is 5.96 Å². The lowest BCUT2D eigenvalue weighted by Crippen LogP contribution is -2.50. The number of guanidine groups is 1. The maximum absolute atomic E-state index is 5.87. The van der Waals surface area contributed by atoms with E-state index in [1.807, 2.05) is 7.05 Å². The molecular formula is C17H38IN5O. The van der Waals surface area contributed by atoms with Gasteiger partial charge in [-0.2, -0.15) is 0 Å². The molecule has 0 bridgehead atoms. The minimum absolute atomic E-state index is 0. The molecule has 1 heterocycles. The fourth-order valence-corrected chi connectivity index (χ4v) is 2.89. The van der Waals surface area contributed by atoms with E-state index in [9.17, 15) is 0 Å². The van der Waals surface area contributed by atoms with E-state index < -0.39 is 0 Å². The van der Waals surface area contributed by atoms with Crippen molar-refractivity contribution in [1.82, 2.24) is 20.4 Å². The smallest absolute Gasteiger partial charge is 0.191 e. The average molecular weight is 455 g/mol. The molecule has 144 valence electrons. The third-order valence-electron chi connectivity index (χ3n) is 4.18. The lowest BCUT2D eigenvalue weighted by molar-refractivity contribution is -0.0284. The minimum Gasteiger partial charge on any atom is -0.374 e. The Labute approximate surface area is 165 Å². The van der Waals surface area contributed by atoms with Gasteiger partial charge in [0.25, 0.3) is 0 Å². The van der Waals surface area contributed by atoms with E-state index in [4.69, 9.17) is 4.74 Å². The Morgan fingerprint density at radius 3 is 2.58 bits per heavy atom. The molecule has 2 N–H and O–H groups in total. The van der Waals surface area contributed by atoms with Crippen LogP contribution in [0, 0.1) is 5.92 Å². The van der Waals surface area contributed by atoms with E-state index >= 15 is 0 Å². The van der Waals surface area contributed by atoms with E-state index in [2.05, 4.69) is 53.1 Å². The summed E-state index contributed by atoms with van der Waals surface area (Å²) < 4.78 is 5.87. The highest BCUT2D eigenvalue weighted by Gasteiger charge is 2.20. The molecule has 0 saturated carbocycles. The first kappa shape index (κ1) is 23.9. The van der Waals surface area contributed by atoms with Crippen molar-refractivity contribution < 1.29 is 4.74 Å². The molecule has 0 aliphatic carbocycles. The lowest BCUT2D eigenvalue weighted by Gasteiger charge is -2.34. The fourth-order valence-electron chi connectivity index (χ4n) is 2.89. The van der Waals surface area contributed by atoms with Crippen molar-refractivity contribution >= 4 is 29.9 Å². The van der Waals surface area contributed by atoms with Crippen molar-refractivity contribution in [3.05, 3.63) is 0 Å². The molecule has 24 heavy (non-hydrogen) atoms. The molecule has 0 aromatic heterocycles. The number of morpholine rings is 1. The van der Waals surface area contributed by atoms with Crippen LogP contribution in [-0.2, 0) is 4.74 Å². The Kier molecular flexibility index (Phi) is 14.0. The zero-order chi connectivity index (χ0) is 17.1. The van der Waals surface area contributed by atoms with Gasteiger partial charge in [-0.25, -0.2) is 0 Å². The summed E-state index contributed by atoms with van der Waals surface area (Å²) in [5.41, 5.74) is 0. The third-order valence-corrected chi connectivity index (χ3v) is 4.18. The summed E-state index contributed by atoms with van der Waals surface area (Å²) in [7, 11) is 1.82. The second-order valence-electron chi connectivity index (χ2n) is 6.55. The second-order valence-corrected chi connectivity index (χ2v) is 6.55. The molecule has 1 aliphatic heterocycles. The predicted molar refractivity (Wildman–Crippen MR) is 114 cm³/mol. The van der Waals surface area contributed by atoms with Gasteiger partial charge in [-0.05, 0) is 19.0 Å². The van der Waals surface area contributed by atoms with Crippen LogP contribution in [0.5, 0.6) is 0 Å². The Balaban J connectivity index is 0.00000529. The number of aliphatic imine (C=N–C) groups is 1. The van der Waals surface area contributed by atoms with Gasteiger partial charge < -0.3 is 20.3 Å². The molecule has 0 spiro atoms. The maximum atomic E-state index is 5.87. The maximum Gasteiger partial charge on any atom is 0.191 e. The van der Waals surface area contributed by atoms with Crippen molar-refractivity contribution in [1.29, 1.82) is 0 Å². The van der Waals surface area contributed by atoms with Gasteiger partial charge in [0.05, 0.1) is 12.7 Å². The summed E-state index contributed by atoms with van der Waals surface area (Å²) >= 11 is 0. The molecule has 1 atom stereocenters. The van der Waals surface area contributed by atoms with Crippen LogP contribution < -0.4 is 10.6 Å².